The van der Waals surface area contributed by atoms with Crippen LogP contribution >= 0.6 is 0 Å². The molecule has 1 atom stereocenters. The topological polar surface area (TPSA) is 46.2 Å². The van der Waals surface area contributed by atoms with E-state index in [1.54, 1.807) is 12.1 Å². The van der Waals surface area contributed by atoms with Crippen LogP contribution in [0.25, 0.3) is 0 Å². The normalized spacial score (nSPS) is 29.1. The first-order chi connectivity index (χ1) is 9.18. The second-order valence-electron chi connectivity index (χ2n) is 7.28. The van der Waals surface area contributed by atoms with Crippen LogP contribution in [-0.4, -0.2) is 20.7 Å². The lowest BCUT2D eigenvalue weighted by Crippen LogP contribution is -2.26. The third kappa shape index (κ3) is 1.85. The second kappa shape index (κ2) is 4.08. The van der Waals surface area contributed by atoms with Gasteiger partial charge in [0.25, 0.3) is 0 Å². The molecule has 3 rings (SSSR count). The fourth-order valence-electron chi connectivity index (χ4n) is 3.72. The van der Waals surface area contributed by atoms with Crippen LogP contribution in [0.1, 0.15) is 39.3 Å². The Morgan fingerprint density at radius 1 is 1.15 bits per heavy atom. The fraction of sp³-hybridized carbons (Fsp3) is 0.625. The predicted molar refractivity (Wildman–Crippen MR) is 80.3 cm³/mol. The number of sulfone groups is 1. The molecular weight excluding hydrogens is 270 g/mol. The number of rotatable bonds is 3. The van der Waals surface area contributed by atoms with Crippen LogP contribution in [-0.2, 0) is 9.84 Å². The van der Waals surface area contributed by atoms with E-state index in [4.69, 9.17) is 0 Å². The molecule has 1 fully saturated rings. The van der Waals surface area contributed by atoms with Gasteiger partial charge in [0.15, 0.2) is 9.84 Å². The van der Waals surface area contributed by atoms with Crippen LogP contribution < -0.4 is 5.32 Å². The lowest BCUT2D eigenvalue weighted by Gasteiger charge is -2.13. The molecule has 20 heavy (non-hydrogen) atoms. The number of hydrogen-bond donors (Lipinski definition) is 1. The van der Waals surface area contributed by atoms with Crippen molar-refractivity contribution in [1.29, 1.82) is 0 Å². The van der Waals surface area contributed by atoms with Crippen LogP contribution in [0.5, 0.6) is 0 Å². The standard InChI is InChI=1S/C16H23NO2S/c1-15(2)14(16(15,3)4)9-17-12-10-20(18,19)13-8-6-5-7-11(12)13/h5-8,12,14,17H,9-10H2,1-4H3. The Hall–Kier alpha value is -0.870. The monoisotopic (exact) mass is 293 g/mol. The molecule has 0 spiro atoms. The van der Waals surface area contributed by atoms with Gasteiger partial charge < -0.3 is 5.32 Å². The highest BCUT2D eigenvalue weighted by molar-refractivity contribution is 7.91. The first-order valence-electron chi connectivity index (χ1n) is 7.23. The van der Waals surface area contributed by atoms with Crippen LogP contribution in [0.2, 0.25) is 0 Å². The Bertz CT molecular complexity index is 632. The molecular formula is C16H23NO2S. The maximum atomic E-state index is 12.1. The van der Waals surface area contributed by atoms with Crippen molar-refractivity contribution in [3.8, 4) is 0 Å². The third-order valence-electron chi connectivity index (χ3n) is 5.90. The van der Waals surface area contributed by atoms with Crippen molar-refractivity contribution in [2.24, 2.45) is 16.7 Å². The van der Waals surface area contributed by atoms with Crippen molar-refractivity contribution in [2.75, 3.05) is 12.3 Å². The Balaban J connectivity index is 1.76. The fourth-order valence-corrected chi connectivity index (χ4v) is 5.49. The van der Waals surface area contributed by atoms with Crippen molar-refractivity contribution in [3.05, 3.63) is 29.8 Å². The Labute approximate surface area is 121 Å². The molecule has 1 aliphatic heterocycles. The summed E-state index contributed by atoms with van der Waals surface area (Å²) in [5.41, 5.74) is 1.59. The zero-order chi connectivity index (χ0) is 14.8. The van der Waals surface area contributed by atoms with Gasteiger partial charge in [0.2, 0.25) is 0 Å². The summed E-state index contributed by atoms with van der Waals surface area (Å²) in [6.45, 7) is 10.0. The minimum atomic E-state index is -3.10. The smallest absolute Gasteiger partial charge is 0.180 e. The summed E-state index contributed by atoms with van der Waals surface area (Å²) in [7, 11) is -3.10. The third-order valence-corrected chi connectivity index (χ3v) is 7.72. The minimum Gasteiger partial charge on any atom is -0.309 e. The maximum Gasteiger partial charge on any atom is 0.180 e. The molecule has 1 aromatic carbocycles. The van der Waals surface area contributed by atoms with Gasteiger partial charge in [0.1, 0.15) is 0 Å². The molecule has 4 heteroatoms. The number of benzene rings is 1. The Morgan fingerprint density at radius 2 is 1.75 bits per heavy atom. The highest BCUT2D eigenvalue weighted by atomic mass is 32.2. The van der Waals surface area contributed by atoms with E-state index in [1.807, 2.05) is 12.1 Å². The largest absolute Gasteiger partial charge is 0.309 e. The highest BCUT2D eigenvalue weighted by Crippen LogP contribution is 2.68. The quantitative estimate of drug-likeness (QED) is 0.932. The number of fused-ring (bicyclic) bond motifs is 1. The van der Waals surface area contributed by atoms with Crippen LogP contribution in [0.3, 0.4) is 0 Å². The molecule has 0 aromatic heterocycles. The van der Waals surface area contributed by atoms with E-state index in [-0.39, 0.29) is 11.8 Å². The van der Waals surface area contributed by atoms with Crippen LogP contribution in [0, 0.1) is 16.7 Å². The van der Waals surface area contributed by atoms with E-state index in [0.29, 0.717) is 21.6 Å². The summed E-state index contributed by atoms with van der Waals surface area (Å²) in [5, 5.41) is 3.49. The van der Waals surface area contributed by atoms with Gasteiger partial charge in [0, 0.05) is 6.04 Å². The van der Waals surface area contributed by atoms with E-state index in [0.717, 1.165) is 12.1 Å². The number of hydrogen-bond acceptors (Lipinski definition) is 3. The van der Waals surface area contributed by atoms with Gasteiger partial charge in [-0.25, -0.2) is 8.42 Å². The lowest BCUT2D eigenvalue weighted by molar-refractivity contribution is 0.457. The first kappa shape index (κ1) is 14.1. The number of nitrogens with one attached hydrogen (secondary N) is 1. The van der Waals surface area contributed by atoms with Gasteiger partial charge in [-0.05, 0) is 34.9 Å². The molecule has 1 aromatic rings. The second-order valence-corrected chi connectivity index (χ2v) is 9.28. The molecule has 0 radical (unpaired) electrons. The molecule has 0 bridgehead atoms. The van der Waals surface area contributed by atoms with Gasteiger partial charge >= 0.3 is 0 Å². The van der Waals surface area contributed by atoms with Crippen molar-refractivity contribution < 1.29 is 8.42 Å². The summed E-state index contributed by atoms with van der Waals surface area (Å²) in [6, 6.07) is 7.31. The lowest BCUT2D eigenvalue weighted by atomic mass is 10.0. The minimum absolute atomic E-state index is 0.0524. The van der Waals surface area contributed by atoms with Crippen molar-refractivity contribution >= 4 is 9.84 Å². The summed E-state index contributed by atoms with van der Waals surface area (Å²) < 4.78 is 24.3. The summed E-state index contributed by atoms with van der Waals surface area (Å²) in [5.74, 6) is 0.797. The zero-order valence-electron chi connectivity index (χ0n) is 12.6. The average molecular weight is 293 g/mol. The average Bonchev–Trinajstić information content (AvgIpc) is 2.62. The zero-order valence-corrected chi connectivity index (χ0v) is 13.4. The summed E-state index contributed by atoms with van der Waals surface area (Å²) >= 11 is 0. The van der Waals surface area contributed by atoms with Gasteiger partial charge in [-0.1, -0.05) is 45.9 Å². The van der Waals surface area contributed by atoms with Crippen molar-refractivity contribution in [2.45, 2.75) is 38.6 Å². The maximum absolute atomic E-state index is 12.1. The van der Waals surface area contributed by atoms with Gasteiger partial charge in [-0.3, -0.25) is 0 Å². The molecule has 1 N–H and O–H groups in total. The van der Waals surface area contributed by atoms with E-state index >= 15 is 0 Å². The molecule has 1 heterocycles. The molecule has 3 nitrogen and oxygen atoms in total. The molecule has 2 aliphatic rings. The van der Waals surface area contributed by atoms with Gasteiger partial charge in [-0.2, -0.15) is 0 Å². The van der Waals surface area contributed by atoms with Crippen molar-refractivity contribution in [3.63, 3.8) is 0 Å². The highest BCUT2D eigenvalue weighted by Gasteiger charge is 2.64. The predicted octanol–water partition coefficient (Wildman–Crippen LogP) is 2.79. The van der Waals surface area contributed by atoms with Crippen molar-refractivity contribution in [1.82, 2.24) is 5.32 Å². The van der Waals surface area contributed by atoms with Crippen LogP contribution in [0.4, 0.5) is 0 Å². The molecule has 1 unspecified atom stereocenters. The van der Waals surface area contributed by atoms with E-state index in [9.17, 15) is 8.42 Å². The summed E-state index contributed by atoms with van der Waals surface area (Å²) in [6.07, 6.45) is 0. The van der Waals surface area contributed by atoms with Gasteiger partial charge in [0.05, 0.1) is 10.6 Å². The summed E-state index contributed by atoms with van der Waals surface area (Å²) in [4.78, 5) is 0.506. The first-order valence-corrected chi connectivity index (χ1v) is 8.88. The van der Waals surface area contributed by atoms with Crippen LogP contribution in [0.15, 0.2) is 29.2 Å². The molecule has 0 amide bonds. The SMILES string of the molecule is CC1(C)C(CNC2CS(=O)(=O)c3ccccc32)C1(C)C. The van der Waals surface area contributed by atoms with E-state index < -0.39 is 9.84 Å². The Kier molecular flexibility index (Phi) is 2.87. The molecule has 1 saturated carbocycles. The van der Waals surface area contributed by atoms with Gasteiger partial charge in [-0.15, -0.1) is 0 Å². The van der Waals surface area contributed by atoms with E-state index in [2.05, 4.69) is 33.0 Å². The van der Waals surface area contributed by atoms with E-state index in [1.165, 1.54) is 0 Å². The molecule has 0 saturated heterocycles. The molecule has 110 valence electrons. The Morgan fingerprint density at radius 3 is 2.35 bits per heavy atom. The molecule has 1 aliphatic carbocycles.